The van der Waals surface area contributed by atoms with Crippen LogP contribution in [0.15, 0.2) is 0 Å². The van der Waals surface area contributed by atoms with Gasteiger partial charge in [0.1, 0.15) is 0 Å². The normalized spacial score (nSPS) is 22.2. The molecule has 1 saturated heterocycles. The third-order valence-electron chi connectivity index (χ3n) is 3.97. The van der Waals surface area contributed by atoms with Crippen molar-refractivity contribution in [3.63, 3.8) is 0 Å². The van der Waals surface area contributed by atoms with E-state index in [1.54, 1.807) is 0 Å². The molecule has 2 nitrogen and oxygen atoms in total. The molecule has 1 N–H and O–H groups in total. The molecule has 2 heteroatoms. The highest BCUT2D eigenvalue weighted by molar-refractivity contribution is 4.80. The van der Waals surface area contributed by atoms with Crippen LogP contribution in [0.5, 0.6) is 0 Å². The average Bonchev–Trinajstić information content (AvgIpc) is 2.23. The fourth-order valence-corrected chi connectivity index (χ4v) is 2.68. The molecule has 90 valence electrons. The lowest BCUT2D eigenvalue weighted by atomic mass is 9.93. The van der Waals surface area contributed by atoms with Gasteiger partial charge in [0.05, 0.1) is 0 Å². The number of likely N-dealkylation sites (tertiary alicyclic amines) is 1. The van der Waals surface area contributed by atoms with E-state index >= 15 is 0 Å². The lowest BCUT2D eigenvalue weighted by molar-refractivity contribution is 0.210. The largest absolute Gasteiger partial charge is 0.311 e. The van der Waals surface area contributed by atoms with E-state index in [9.17, 15) is 0 Å². The Morgan fingerprint density at radius 3 is 2.20 bits per heavy atom. The summed E-state index contributed by atoms with van der Waals surface area (Å²) in [6.45, 7) is 9.48. The molecule has 1 rings (SSSR count). The molecule has 0 radical (unpaired) electrons. The molecule has 0 amide bonds. The summed E-state index contributed by atoms with van der Waals surface area (Å²) in [4.78, 5) is 2.43. The van der Waals surface area contributed by atoms with Crippen LogP contribution in [0, 0.1) is 5.92 Å². The molecule has 15 heavy (non-hydrogen) atoms. The Bertz CT molecular complexity index is 158. The first kappa shape index (κ1) is 13.0. The van der Waals surface area contributed by atoms with Crippen molar-refractivity contribution in [2.45, 2.75) is 58.5 Å². The second-order valence-corrected chi connectivity index (χ2v) is 5.11. The van der Waals surface area contributed by atoms with Gasteiger partial charge in [-0.3, -0.25) is 0 Å². The van der Waals surface area contributed by atoms with Gasteiger partial charge in [-0.1, -0.05) is 26.7 Å². The number of hydrogen-bond acceptors (Lipinski definition) is 2. The van der Waals surface area contributed by atoms with E-state index in [4.69, 9.17) is 0 Å². The van der Waals surface area contributed by atoms with Crippen LogP contribution in [0.4, 0.5) is 0 Å². The topological polar surface area (TPSA) is 15.3 Å². The Morgan fingerprint density at radius 1 is 1.20 bits per heavy atom. The predicted molar refractivity (Wildman–Crippen MR) is 67.2 cm³/mol. The van der Waals surface area contributed by atoms with Crippen LogP contribution >= 0.6 is 0 Å². The Hall–Kier alpha value is -0.0800. The molecule has 0 aromatic carbocycles. The minimum atomic E-state index is 0.688. The molecule has 1 unspecified atom stereocenters. The van der Waals surface area contributed by atoms with Gasteiger partial charge < -0.3 is 10.2 Å². The first-order chi connectivity index (χ1) is 7.17. The first-order valence-electron chi connectivity index (χ1n) is 6.61. The predicted octanol–water partition coefficient (Wildman–Crippen LogP) is 2.49. The van der Waals surface area contributed by atoms with Gasteiger partial charge in [-0.25, -0.2) is 0 Å². The van der Waals surface area contributed by atoms with Crippen molar-refractivity contribution in [1.29, 1.82) is 0 Å². The summed E-state index contributed by atoms with van der Waals surface area (Å²) in [5.74, 6) is 0.852. The van der Waals surface area contributed by atoms with Gasteiger partial charge in [0.15, 0.2) is 0 Å². The van der Waals surface area contributed by atoms with E-state index in [0.717, 1.165) is 12.0 Å². The molecule has 1 fully saturated rings. The number of hydrogen-bond donors (Lipinski definition) is 1. The van der Waals surface area contributed by atoms with Crippen LogP contribution in [0.1, 0.15) is 46.5 Å². The van der Waals surface area contributed by atoms with E-state index in [-0.39, 0.29) is 0 Å². The zero-order valence-electron chi connectivity index (χ0n) is 10.9. The van der Waals surface area contributed by atoms with Gasteiger partial charge in [-0.15, -0.1) is 0 Å². The summed E-state index contributed by atoms with van der Waals surface area (Å²) in [7, 11) is 2.22. The highest BCUT2D eigenvalue weighted by Gasteiger charge is 2.20. The minimum Gasteiger partial charge on any atom is -0.311 e. The van der Waals surface area contributed by atoms with Crippen LogP contribution in [0.2, 0.25) is 0 Å². The van der Waals surface area contributed by atoms with Crippen molar-refractivity contribution >= 4 is 0 Å². The quantitative estimate of drug-likeness (QED) is 0.753. The lowest BCUT2D eigenvalue weighted by Gasteiger charge is -2.33. The smallest absolute Gasteiger partial charge is 0.00939 e. The minimum absolute atomic E-state index is 0.688. The molecule has 0 aliphatic carbocycles. The maximum atomic E-state index is 3.81. The Kier molecular flexibility index (Phi) is 5.62. The summed E-state index contributed by atoms with van der Waals surface area (Å²) < 4.78 is 0. The van der Waals surface area contributed by atoms with Crippen molar-refractivity contribution < 1.29 is 0 Å². The fourth-order valence-electron chi connectivity index (χ4n) is 2.68. The molecule has 1 heterocycles. The van der Waals surface area contributed by atoms with Crippen LogP contribution < -0.4 is 5.32 Å². The molecule has 0 aromatic rings. The Morgan fingerprint density at radius 2 is 1.73 bits per heavy atom. The molecule has 1 atom stereocenters. The Balaban J connectivity index is 2.28. The summed E-state index contributed by atoms with van der Waals surface area (Å²) in [6, 6.07) is 1.45. The van der Waals surface area contributed by atoms with Gasteiger partial charge in [-0.2, -0.15) is 0 Å². The van der Waals surface area contributed by atoms with Gasteiger partial charge in [0.2, 0.25) is 0 Å². The molecule has 0 saturated carbocycles. The van der Waals surface area contributed by atoms with Crippen molar-refractivity contribution in [2.24, 2.45) is 5.92 Å². The van der Waals surface area contributed by atoms with Crippen LogP contribution in [0.3, 0.4) is 0 Å². The summed E-state index contributed by atoms with van der Waals surface area (Å²) >= 11 is 0. The highest BCUT2D eigenvalue weighted by Crippen LogP contribution is 2.16. The zero-order chi connectivity index (χ0) is 11.3. The monoisotopic (exact) mass is 212 g/mol. The number of piperidine rings is 1. The standard InChI is InChI=1S/C13H28N2/c1-5-12(6-2)11(3)14-13-7-9-15(4)10-8-13/h11-14H,5-10H2,1-4H3. The summed E-state index contributed by atoms with van der Waals surface area (Å²) in [5.41, 5.74) is 0. The fraction of sp³-hybridized carbons (Fsp3) is 1.00. The van der Waals surface area contributed by atoms with Crippen LogP contribution in [-0.4, -0.2) is 37.1 Å². The maximum Gasteiger partial charge on any atom is 0.00939 e. The first-order valence-corrected chi connectivity index (χ1v) is 6.61. The van der Waals surface area contributed by atoms with Gasteiger partial charge in [0.25, 0.3) is 0 Å². The van der Waals surface area contributed by atoms with Crippen LogP contribution in [-0.2, 0) is 0 Å². The molecule has 0 spiro atoms. The third-order valence-corrected chi connectivity index (χ3v) is 3.97. The van der Waals surface area contributed by atoms with E-state index < -0.39 is 0 Å². The number of nitrogens with zero attached hydrogens (tertiary/aromatic N) is 1. The van der Waals surface area contributed by atoms with Crippen molar-refractivity contribution in [3.8, 4) is 0 Å². The zero-order valence-corrected chi connectivity index (χ0v) is 10.9. The van der Waals surface area contributed by atoms with Crippen LogP contribution in [0.25, 0.3) is 0 Å². The second kappa shape index (κ2) is 6.49. The molecule has 1 aliphatic rings. The summed E-state index contributed by atoms with van der Waals surface area (Å²) in [6.07, 6.45) is 5.25. The second-order valence-electron chi connectivity index (χ2n) is 5.11. The number of rotatable bonds is 5. The number of nitrogens with one attached hydrogen (secondary N) is 1. The van der Waals surface area contributed by atoms with Gasteiger partial charge >= 0.3 is 0 Å². The van der Waals surface area contributed by atoms with Crippen molar-refractivity contribution in [1.82, 2.24) is 10.2 Å². The highest BCUT2D eigenvalue weighted by atomic mass is 15.1. The molecule has 1 aliphatic heterocycles. The molecule has 0 bridgehead atoms. The molecular formula is C13H28N2. The van der Waals surface area contributed by atoms with Gasteiger partial charge in [0, 0.05) is 12.1 Å². The summed E-state index contributed by atoms with van der Waals surface area (Å²) in [5, 5.41) is 3.81. The van der Waals surface area contributed by atoms with E-state index in [0.29, 0.717) is 6.04 Å². The van der Waals surface area contributed by atoms with E-state index in [1.807, 2.05) is 0 Å². The molecular weight excluding hydrogens is 184 g/mol. The average molecular weight is 212 g/mol. The Labute approximate surface area is 95.4 Å². The van der Waals surface area contributed by atoms with Crippen molar-refractivity contribution in [2.75, 3.05) is 20.1 Å². The van der Waals surface area contributed by atoms with E-state index in [1.165, 1.54) is 38.8 Å². The SMILES string of the molecule is CCC(CC)C(C)NC1CCN(C)CC1. The third kappa shape index (κ3) is 4.12. The lowest BCUT2D eigenvalue weighted by Crippen LogP contribution is -2.46. The maximum absolute atomic E-state index is 3.81. The molecule has 0 aromatic heterocycles. The van der Waals surface area contributed by atoms with E-state index in [2.05, 4.69) is 38.0 Å². The van der Waals surface area contributed by atoms with Crippen molar-refractivity contribution in [3.05, 3.63) is 0 Å². The van der Waals surface area contributed by atoms with Gasteiger partial charge in [-0.05, 0) is 45.8 Å².